The Balaban J connectivity index is 1.92. The van der Waals surface area contributed by atoms with Gasteiger partial charge in [0.1, 0.15) is 0 Å². The number of nitrogens with zero attached hydrogens (tertiary/aromatic N) is 1. The zero-order chi connectivity index (χ0) is 20.5. The van der Waals surface area contributed by atoms with Crippen LogP contribution >= 0.6 is 0 Å². The molecule has 0 aromatic heterocycles. The average molecular weight is 420 g/mol. The van der Waals surface area contributed by atoms with Gasteiger partial charge in [0.25, 0.3) is 0 Å². The summed E-state index contributed by atoms with van der Waals surface area (Å²) in [6, 6.07) is 12.9. The molecule has 0 radical (unpaired) electrons. The fourth-order valence-corrected chi connectivity index (χ4v) is 5.03. The van der Waals surface area contributed by atoms with Crippen LogP contribution in [0.4, 0.5) is 5.69 Å². The average Bonchev–Trinajstić information content (AvgIpc) is 2.66. The maximum atomic E-state index is 12.3. The van der Waals surface area contributed by atoms with E-state index in [1.165, 1.54) is 28.8 Å². The summed E-state index contributed by atoms with van der Waals surface area (Å²) in [6.45, 7) is 3.37. The molecule has 0 aliphatic carbocycles. The molecule has 0 amide bonds. The first kappa shape index (κ1) is 20.6. The molecule has 0 fully saturated rings. The highest BCUT2D eigenvalue weighted by Gasteiger charge is 2.23. The van der Waals surface area contributed by atoms with E-state index < -0.39 is 19.7 Å². The van der Waals surface area contributed by atoms with Gasteiger partial charge in [-0.2, -0.15) is 0 Å². The molecule has 0 saturated carbocycles. The summed E-state index contributed by atoms with van der Waals surface area (Å²) in [5, 5.41) is 0. The van der Waals surface area contributed by atoms with E-state index in [1.54, 1.807) is 6.07 Å². The molecular formula is C21H25NO4S2. The second kappa shape index (κ2) is 7.72. The fraction of sp³-hybridized carbons (Fsp3) is 0.333. The summed E-state index contributed by atoms with van der Waals surface area (Å²) in [7, 11) is -7.04. The molecule has 1 aliphatic heterocycles. The monoisotopic (exact) mass is 419 g/mol. The second-order valence-electron chi connectivity index (χ2n) is 7.15. The Morgan fingerprint density at radius 2 is 1.61 bits per heavy atom. The molecule has 0 bridgehead atoms. The van der Waals surface area contributed by atoms with E-state index in [2.05, 4.69) is 37.3 Å². The zero-order valence-electron chi connectivity index (χ0n) is 16.3. The quantitative estimate of drug-likeness (QED) is 0.743. The lowest BCUT2D eigenvalue weighted by atomic mass is 9.98. The lowest BCUT2D eigenvalue weighted by molar-refractivity contribution is 0.599. The number of sulfone groups is 2. The number of benzene rings is 2. The summed E-state index contributed by atoms with van der Waals surface area (Å²) in [4.78, 5) is 2.05. The Bertz CT molecular complexity index is 1120. The molecule has 0 atom stereocenters. The fourth-order valence-electron chi connectivity index (χ4n) is 3.39. The first-order valence-corrected chi connectivity index (χ1v) is 13.0. The molecular weight excluding hydrogens is 394 g/mol. The predicted molar refractivity (Wildman–Crippen MR) is 113 cm³/mol. The van der Waals surface area contributed by atoms with E-state index in [-0.39, 0.29) is 9.79 Å². The van der Waals surface area contributed by atoms with Crippen molar-refractivity contribution in [3.8, 4) is 0 Å². The lowest BCUT2D eigenvalue weighted by Crippen LogP contribution is -2.29. The zero-order valence-corrected chi connectivity index (χ0v) is 18.0. The van der Waals surface area contributed by atoms with E-state index in [4.69, 9.17) is 0 Å². The van der Waals surface area contributed by atoms with Crippen molar-refractivity contribution in [1.29, 1.82) is 0 Å². The van der Waals surface area contributed by atoms with Gasteiger partial charge in [0, 0.05) is 25.6 Å². The van der Waals surface area contributed by atoms with Crippen molar-refractivity contribution >= 4 is 30.9 Å². The molecule has 2 aromatic carbocycles. The SMILES string of the molecule is CCc1ccc(C2=CCN(c3ccc(S(C)(=O)=O)cc3S(C)(=O)=O)CC2)cc1. The Hall–Kier alpha value is -2.12. The highest BCUT2D eigenvalue weighted by molar-refractivity contribution is 7.91. The molecule has 5 nitrogen and oxygen atoms in total. The third-order valence-electron chi connectivity index (χ3n) is 5.04. The molecule has 1 aliphatic rings. The normalized spacial score (nSPS) is 15.4. The van der Waals surface area contributed by atoms with E-state index in [1.807, 2.05) is 4.90 Å². The summed E-state index contributed by atoms with van der Waals surface area (Å²) in [5.41, 5.74) is 4.28. The number of aryl methyl sites for hydroxylation is 1. The van der Waals surface area contributed by atoms with Gasteiger partial charge < -0.3 is 4.90 Å². The van der Waals surface area contributed by atoms with Gasteiger partial charge in [0.05, 0.1) is 15.5 Å². The molecule has 0 spiro atoms. The molecule has 2 aromatic rings. The Kier molecular flexibility index (Phi) is 5.68. The van der Waals surface area contributed by atoms with Crippen LogP contribution in [0.5, 0.6) is 0 Å². The van der Waals surface area contributed by atoms with E-state index in [0.717, 1.165) is 25.4 Å². The van der Waals surface area contributed by atoms with Crippen LogP contribution in [0.3, 0.4) is 0 Å². The van der Waals surface area contributed by atoms with Gasteiger partial charge in [-0.05, 0) is 47.7 Å². The number of rotatable bonds is 5. The summed E-state index contributed by atoms with van der Waals surface area (Å²) in [6.07, 6.45) is 6.10. The van der Waals surface area contributed by atoms with Crippen LogP contribution in [0.2, 0.25) is 0 Å². The van der Waals surface area contributed by atoms with Crippen molar-refractivity contribution in [3.05, 3.63) is 59.7 Å². The van der Waals surface area contributed by atoms with Crippen molar-refractivity contribution in [2.45, 2.75) is 29.6 Å². The van der Waals surface area contributed by atoms with Crippen LogP contribution < -0.4 is 4.90 Å². The highest BCUT2D eigenvalue weighted by atomic mass is 32.2. The minimum atomic E-state index is -3.57. The smallest absolute Gasteiger partial charge is 0.177 e. The van der Waals surface area contributed by atoms with Crippen LogP contribution in [0.15, 0.2) is 58.3 Å². The molecule has 0 saturated heterocycles. The van der Waals surface area contributed by atoms with Gasteiger partial charge in [-0.1, -0.05) is 37.3 Å². The Morgan fingerprint density at radius 3 is 2.11 bits per heavy atom. The molecule has 28 heavy (non-hydrogen) atoms. The van der Waals surface area contributed by atoms with Crippen LogP contribution in [0, 0.1) is 0 Å². The summed E-state index contributed by atoms with van der Waals surface area (Å²) < 4.78 is 48.2. The molecule has 150 valence electrons. The molecule has 0 unspecified atom stereocenters. The van der Waals surface area contributed by atoms with Gasteiger partial charge in [0.15, 0.2) is 19.7 Å². The topological polar surface area (TPSA) is 71.5 Å². The van der Waals surface area contributed by atoms with Crippen molar-refractivity contribution < 1.29 is 16.8 Å². The van der Waals surface area contributed by atoms with Crippen LogP contribution in [-0.4, -0.2) is 42.4 Å². The summed E-state index contributed by atoms with van der Waals surface area (Å²) in [5.74, 6) is 0. The molecule has 0 N–H and O–H groups in total. The Morgan fingerprint density at radius 1 is 0.929 bits per heavy atom. The maximum Gasteiger partial charge on any atom is 0.177 e. The molecule has 3 rings (SSSR count). The highest BCUT2D eigenvalue weighted by Crippen LogP contribution is 2.32. The predicted octanol–water partition coefficient (Wildman–Crippen LogP) is 3.35. The van der Waals surface area contributed by atoms with Crippen LogP contribution in [0.1, 0.15) is 24.5 Å². The minimum Gasteiger partial charge on any atom is -0.366 e. The van der Waals surface area contributed by atoms with E-state index in [0.29, 0.717) is 18.8 Å². The number of anilines is 1. The third-order valence-corrected chi connectivity index (χ3v) is 7.28. The van der Waals surface area contributed by atoms with Crippen molar-refractivity contribution in [2.24, 2.45) is 0 Å². The minimum absolute atomic E-state index is 0.0147. The first-order chi connectivity index (χ1) is 13.1. The van der Waals surface area contributed by atoms with Gasteiger partial charge in [0.2, 0.25) is 0 Å². The maximum absolute atomic E-state index is 12.3. The van der Waals surface area contributed by atoms with Crippen molar-refractivity contribution in [3.63, 3.8) is 0 Å². The first-order valence-electron chi connectivity index (χ1n) is 9.17. The standard InChI is InChI=1S/C21H25NO4S2/c1-4-16-5-7-17(8-6-16)18-11-13-22(14-12-18)20-10-9-19(27(2,23)24)15-21(20)28(3,25)26/h5-11,15H,4,12-14H2,1-3H3. The van der Waals surface area contributed by atoms with E-state index >= 15 is 0 Å². The largest absolute Gasteiger partial charge is 0.366 e. The Labute approximate surface area is 167 Å². The lowest BCUT2D eigenvalue weighted by Gasteiger charge is -2.30. The van der Waals surface area contributed by atoms with Gasteiger partial charge in [-0.25, -0.2) is 16.8 Å². The van der Waals surface area contributed by atoms with Gasteiger partial charge in [-0.15, -0.1) is 0 Å². The van der Waals surface area contributed by atoms with Gasteiger partial charge in [-0.3, -0.25) is 0 Å². The summed E-state index contributed by atoms with van der Waals surface area (Å²) >= 11 is 0. The van der Waals surface area contributed by atoms with Crippen LogP contribution in [0.25, 0.3) is 5.57 Å². The van der Waals surface area contributed by atoms with Crippen molar-refractivity contribution in [2.75, 3.05) is 30.5 Å². The van der Waals surface area contributed by atoms with E-state index in [9.17, 15) is 16.8 Å². The van der Waals surface area contributed by atoms with Gasteiger partial charge >= 0.3 is 0 Å². The molecule has 7 heteroatoms. The third kappa shape index (κ3) is 4.47. The van der Waals surface area contributed by atoms with Crippen molar-refractivity contribution in [1.82, 2.24) is 0 Å². The molecule has 1 heterocycles. The second-order valence-corrected chi connectivity index (χ2v) is 11.1. The number of hydrogen-bond acceptors (Lipinski definition) is 5. The van der Waals surface area contributed by atoms with Crippen LogP contribution in [-0.2, 0) is 26.1 Å². The number of hydrogen-bond donors (Lipinski definition) is 0.